The molecule has 0 amide bonds. The molecule has 1 fully saturated rings. The quantitative estimate of drug-likeness (QED) is 0.751. The zero-order valence-electron chi connectivity index (χ0n) is 16.3. The van der Waals surface area contributed by atoms with Crippen LogP contribution in [0.4, 0.5) is 5.69 Å². The van der Waals surface area contributed by atoms with E-state index in [1.807, 2.05) is 19.1 Å². The van der Waals surface area contributed by atoms with Crippen molar-refractivity contribution in [1.82, 2.24) is 20.0 Å². The van der Waals surface area contributed by atoms with E-state index in [0.717, 1.165) is 56.8 Å². The van der Waals surface area contributed by atoms with E-state index in [9.17, 15) is 8.42 Å². The molecule has 1 aliphatic rings. The summed E-state index contributed by atoms with van der Waals surface area (Å²) in [7, 11) is -1.82. The minimum Gasteiger partial charge on any atom is -0.314 e. The van der Waals surface area contributed by atoms with Gasteiger partial charge in [-0.3, -0.25) is 9.40 Å². The van der Waals surface area contributed by atoms with Gasteiger partial charge in [0.1, 0.15) is 0 Å². The van der Waals surface area contributed by atoms with Gasteiger partial charge >= 0.3 is 0 Å². The van der Waals surface area contributed by atoms with Crippen LogP contribution in [0.25, 0.3) is 0 Å². The summed E-state index contributed by atoms with van der Waals surface area (Å²) in [6.07, 6.45) is 2.04. The zero-order chi connectivity index (χ0) is 19.4. The fraction of sp³-hybridized carbons (Fsp3) is 0.526. The summed E-state index contributed by atoms with van der Waals surface area (Å²) in [5, 5.41) is 7.62. The Labute approximate surface area is 161 Å². The lowest BCUT2D eigenvalue weighted by Crippen LogP contribution is -2.43. The van der Waals surface area contributed by atoms with E-state index in [0.29, 0.717) is 11.4 Å². The van der Waals surface area contributed by atoms with E-state index in [1.54, 1.807) is 30.8 Å². The Hall–Kier alpha value is -1.90. The molecule has 1 aromatic heterocycles. The van der Waals surface area contributed by atoms with Crippen molar-refractivity contribution in [3.8, 4) is 0 Å². The third-order valence-electron chi connectivity index (χ3n) is 5.13. The molecule has 3 rings (SSSR count). The number of sulfonamides is 1. The second kappa shape index (κ2) is 8.41. The number of nitrogens with zero attached hydrogens (tertiary/aromatic N) is 3. The van der Waals surface area contributed by atoms with Crippen LogP contribution in [-0.2, 0) is 23.5 Å². The van der Waals surface area contributed by atoms with Crippen LogP contribution in [-0.4, -0.2) is 55.8 Å². The highest BCUT2D eigenvalue weighted by atomic mass is 32.2. The average molecular weight is 392 g/mol. The van der Waals surface area contributed by atoms with E-state index in [-0.39, 0.29) is 4.90 Å². The number of rotatable bonds is 7. The van der Waals surface area contributed by atoms with Crippen LogP contribution >= 0.6 is 0 Å². The third kappa shape index (κ3) is 4.88. The molecule has 0 unspecified atom stereocenters. The number of hydrogen-bond donors (Lipinski definition) is 2. The van der Waals surface area contributed by atoms with Crippen molar-refractivity contribution in [3.05, 3.63) is 41.2 Å². The molecule has 0 atom stereocenters. The number of nitrogens with one attached hydrogen (secondary N) is 2. The van der Waals surface area contributed by atoms with Crippen LogP contribution in [0, 0.1) is 13.8 Å². The Morgan fingerprint density at radius 2 is 1.81 bits per heavy atom. The summed E-state index contributed by atoms with van der Waals surface area (Å²) in [4.78, 5) is 2.74. The van der Waals surface area contributed by atoms with Gasteiger partial charge in [0, 0.05) is 33.2 Å². The topological polar surface area (TPSA) is 79.3 Å². The molecule has 2 heterocycles. The number of anilines is 1. The molecule has 0 saturated carbocycles. The minimum atomic E-state index is -3.62. The van der Waals surface area contributed by atoms with Crippen molar-refractivity contribution in [3.63, 3.8) is 0 Å². The Morgan fingerprint density at radius 1 is 1.15 bits per heavy atom. The lowest BCUT2D eigenvalue weighted by molar-refractivity contribution is 0.238. The lowest BCUT2D eigenvalue weighted by atomic mass is 10.1. The molecule has 8 heteroatoms. The van der Waals surface area contributed by atoms with Gasteiger partial charge in [-0.05, 0) is 50.9 Å². The van der Waals surface area contributed by atoms with Gasteiger partial charge in [0.2, 0.25) is 0 Å². The Morgan fingerprint density at radius 3 is 2.41 bits per heavy atom. The molecule has 0 radical (unpaired) electrons. The molecule has 7 nitrogen and oxygen atoms in total. The highest BCUT2D eigenvalue weighted by Gasteiger charge is 2.19. The highest BCUT2D eigenvalue weighted by Crippen LogP contribution is 2.23. The molecule has 2 N–H and O–H groups in total. The van der Waals surface area contributed by atoms with Gasteiger partial charge in [-0.15, -0.1) is 0 Å². The van der Waals surface area contributed by atoms with Crippen molar-refractivity contribution in [2.24, 2.45) is 7.05 Å². The SMILES string of the molecule is Cc1nn(C)c(C)c1NS(=O)(=O)c1ccc(CCCN2CCNCC2)cc1. The summed E-state index contributed by atoms with van der Waals surface area (Å²) < 4.78 is 29.7. The molecular weight excluding hydrogens is 362 g/mol. The molecule has 1 aliphatic heterocycles. The molecular formula is C19H29N5O2S. The average Bonchev–Trinajstić information content (AvgIpc) is 2.89. The van der Waals surface area contributed by atoms with Gasteiger partial charge in [-0.2, -0.15) is 5.10 Å². The summed E-state index contributed by atoms with van der Waals surface area (Å²) >= 11 is 0. The number of hydrogen-bond acceptors (Lipinski definition) is 5. The van der Waals surface area contributed by atoms with Crippen LogP contribution in [0.5, 0.6) is 0 Å². The second-order valence-corrected chi connectivity index (χ2v) is 8.80. The van der Waals surface area contributed by atoms with E-state index in [1.165, 1.54) is 0 Å². The third-order valence-corrected chi connectivity index (χ3v) is 6.49. The number of aryl methyl sites for hydroxylation is 3. The molecule has 2 aromatic rings. The predicted octanol–water partition coefficient (Wildman–Crippen LogP) is 1.68. The van der Waals surface area contributed by atoms with Crippen molar-refractivity contribution < 1.29 is 8.42 Å². The van der Waals surface area contributed by atoms with E-state index >= 15 is 0 Å². The van der Waals surface area contributed by atoms with Gasteiger partial charge in [-0.25, -0.2) is 8.42 Å². The molecule has 1 aromatic carbocycles. The fourth-order valence-corrected chi connectivity index (χ4v) is 4.57. The van der Waals surface area contributed by atoms with E-state index in [4.69, 9.17) is 0 Å². The zero-order valence-corrected chi connectivity index (χ0v) is 17.1. The number of aromatic nitrogens is 2. The molecule has 0 aliphatic carbocycles. The van der Waals surface area contributed by atoms with Gasteiger partial charge in [-0.1, -0.05) is 12.1 Å². The van der Waals surface area contributed by atoms with E-state index in [2.05, 4.69) is 20.0 Å². The molecule has 148 valence electrons. The maximum Gasteiger partial charge on any atom is 0.262 e. The first-order valence-corrected chi connectivity index (χ1v) is 10.9. The highest BCUT2D eigenvalue weighted by molar-refractivity contribution is 7.92. The monoisotopic (exact) mass is 391 g/mol. The van der Waals surface area contributed by atoms with Crippen LogP contribution in [0.1, 0.15) is 23.4 Å². The van der Waals surface area contributed by atoms with Gasteiger partial charge in [0.05, 0.1) is 22.0 Å². The van der Waals surface area contributed by atoms with Crippen molar-refractivity contribution >= 4 is 15.7 Å². The molecule has 1 saturated heterocycles. The van der Waals surface area contributed by atoms with Gasteiger partial charge < -0.3 is 10.2 Å². The summed E-state index contributed by atoms with van der Waals surface area (Å²) in [6.45, 7) is 9.07. The molecule has 0 spiro atoms. The first kappa shape index (κ1) is 19.9. The Balaban J connectivity index is 1.60. The fourth-order valence-electron chi connectivity index (χ4n) is 3.39. The normalized spacial score (nSPS) is 15.8. The van der Waals surface area contributed by atoms with Gasteiger partial charge in [0.15, 0.2) is 0 Å². The maximum absolute atomic E-state index is 12.7. The minimum absolute atomic E-state index is 0.274. The van der Waals surface area contributed by atoms with Crippen molar-refractivity contribution in [1.29, 1.82) is 0 Å². The maximum atomic E-state index is 12.7. The van der Waals surface area contributed by atoms with E-state index < -0.39 is 10.0 Å². The second-order valence-electron chi connectivity index (χ2n) is 7.11. The van der Waals surface area contributed by atoms with Crippen LogP contribution in [0.3, 0.4) is 0 Å². The smallest absolute Gasteiger partial charge is 0.262 e. The number of benzene rings is 1. The summed E-state index contributed by atoms with van der Waals surface area (Å²) in [5.41, 5.74) is 3.18. The van der Waals surface area contributed by atoms with Crippen molar-refractivity contribution in [2.45, 2.75) is 31.6 Å². The van der Waals surface area contributed by atoms with Crippen LogP contribution in [0.15, 0.2) is 29.2 Å². The van der Waals surface area contributed by atoms with Gasteiger partial charge in [0.25, 0.3) is 10.0 Å². The summed E-state index contributed by atoms with van der Waals surface area (Å²) in [6, 6.07) is 7.19. The van der Waals surface area contributed by atoms with Crippen LogP contribution in [0.2, 0.25) is 0 Å². The Kier molecular flexibility index (Phi) is 6.18. The van der Waals surface area contributed by atoms with Crippen LogP contribution < -0.4 is 10.0 Å². The molecule has 27 heavy (non-hydrogen) atoms. The first-order valence-electron chi connectivity index (χ1n) is 9.42. The summed E-state index contributed by atoms with van der Waals surface area (Å²) in [5.74, 6) is 0. The Bertz CT molecular complexity index is 868. The lowest BCUT2D eigenvalue weighted by Gasteiger charge is -2.27. The number of piperazine rings is 1. The first-order chi connectivity index (χ1) is 12.9. The van der Waals surface area contributed by atoms with Crippen molar-refractivity contribution in [2.75, 3.05) is 37.4 Å². The standard InChI is InChI=1S/C19H29N5O2S/c1-15-19(16(2)23(3)21-15)22-27(25,26)18-8-6-17(7-9-18)5-4-12-24-13-10-20-11-14-24/h6-9,20,22H,4-5,10-14H2,1-3H3. The predicted molar refractivity (Wildman–Crippen MR) is 108 cm³/mol. The molecule has 0 bridgehead atoms. The largest absolute Gasteiger partial charge is 0.314 e.